The van der Waals surface area contributed by atoms with Crippen LogP contribution in [-0.2, 0) is 10.0 Å². The molecule has 2 bridgehead atoms. The van der Waals surface area contributed by atoms with E-state index in [2.05, 4.69) is 20.7 Å². The minimum Gasteiger partial charge on any atom is -0.475 e. The molecule has 3 saturated carbocycles. The first-order chi connectivity index (χ1) is 9.88. The predicted molar refractivity (Wildman–Crippen MR) is 75.3 cm³/mol. The third kappa shape index (κ3) is 1.99. The van der Waals surface area contributed by atoms with Crippen LogP contribution in [0.25, 0.3) is 0 Å². The number of nitrogens with one attached hydrogen (secondary N) is 1. The zero-order valence-corrected chi connectivity index (χ0v) is 13.4. The Morgan fingerprint density at radius 3 is 2.48 bits per heavy atom. The fraction of sp³-hybridized carbons (Fsp3) is 0.615. The Balaban J connectivity index is 1.56. The van der Waals surface area contributed by atoms with E-state index < -0.39 is 21.8 Å². The number of carboxylic acid groups (broad SMARTS) is 1. The number of hydrogen-bond donors (Lipinski definition) is 2. The van der Waals surface area contributed by atoms with Crippen LogP contribution in [-0.4, -0.2) is 25.5 Å². The maximum atomic E-state index is 12.4. The molecule has 0 aliphatic heterocycles. The van der Waals surface area contributed by atoms with Crippen LogP contribution in [0.2, 0.25) is 0 Å². The highest BCUT2D eigenvalue weighted by atomic mass is 79.9. The van der Waals surface area contributed by atoms with Crippen LogP contribution in [0.3, 0.4) is 0 Å². The van der Waals surface area contributed by atoms with E-state index in [9.17, 15) is 13.2 Å². The number of rotatable bonds is 4. The highest BCUT2D eigenvalue weighted by Crippen LogP contribution is 2.65. The number of hydrogen-bond acceptors (Lipinski definition) is 4. The van der Waals surface area contributed by atoms with Crippen molar-refractivity contribution in [3.05, 3.63) is 16.5 Å². The molecule has 1 heterocycles. The molecule has 4 rings (SSSR count). The molecule has 0 spiro atoms. The minimum atomic E-state index is -3.76. The van der Waals surface area contributed by atoms with Gasteiger partial charge in [0.05, 0.1) is 0 Å². The average Bonchev–Trinajstić information content (AvgIpc) is 2.83. The Morgan fingerprint density at radius 2 is 1.95 bits per heavy atom. The lowest BCUT2D eigenvalue weighted by Gasteiger charge is -2.10. The number of carbonyl (C=O) groups is 1. The van der Waals surface area contributed by atoms with Gasteiger partial charge in [-0.1, -0.05) is 0 Å². The summed E-state index contributed by atoms with van der Waals surface area (Å²) in [6.07, 6.45) is 3.66. The van der Waals surface area contributed by atoms with Crippen LogP contribution in [0, 0.1) is 23.7 Å². The van der Waals surface area contributed by atoms with Crippen LogP contribution < -0.4 is 4.72 Å². The molecule has 114 valence electrons. The van der Waals surface area contributed by atoms with Crippen molar-refractivity contribution in [3.8, 4) is 0 Å². The molecule has 1 aromatic rings. The van der Waals surface area contributed by atoms with E-state index in [-0.39, 0.29) is 15.6 Å². The van der Waals surface area contributed by atoms with Crippen molar-refractivity contribution in [3.63, 3.8) is 0 Å². The third-order valence-corrected chi connectivity index (χ3v) is 7.50. The van der Waals surface area contributed by atoms with E-state index >= 15 is 0 Å². The van der Waals surface area contributed by atoms with Gasteiger partial charge in [0.1, 0.15) is 4.90 Å². The summed E-state index contributed by atoms with van der Waals surface area (Å²) in [7, 11) is -3.76. The molecule has 0 saturated heterocycles. The lowest BCUT2D eigenvalue weighted by Crippen LogP contribution is -2.30. The molecular formula is C13H14BrNO5S. The molecule has 2 N–H and O–H groups in total. The largest absolute Gasteiger partial charge is 0.475 e. The molecule has 3 fully saturated rings. The molecule has 0 amide bonds. The lowest BCUT2D eigenvalue weighted by atomic mass is 10.0. The highest BCUT2D eigenvalue weighted by molar-refractivity contribution is 9.10. The SMILES string of the molecule is O=C(O)c1cc(S(=O)(=O)NC2C3C4CCC(C4)C23)c(Br)o1. The summed E-state index contributed by atoms with van der Waals surface area (Å²) < 4.78 is 32.4. The number of sulfonamides is 1. The monoisotopic (exact) mass is 375 g/mol. The fourth-order valence-electron chi connectivity index (χ4n) is 4.37. The summed E-state index contributed by atoms with van der Waals surface area (Å²) in [5, 5.41) is 8.86. The minimum absolute atomic E-state index is 0.0105. The van der Waals surface area contributed by atoms with Gasteiger partial charge in [0.15, 0.2) is 4.67 Å². The normalized spacial score (nSPS) is 36.7. The summed E-state index contributed by atoms with van der Waals surface area (Å²) >= 11 is 2.98. The summed E-state index contributed by atoms with van der Waals surface area (Å²) in [6, 6.07) is 1.05. The molecule has 0 aromatic carbocycles. The molecule has 21 heavy (non-hydrogen) atoms. The van der Waals surface area contributed by atoms with Gasteiger partial charge < -0.3 is 9.52 Å². The second-order valence-corrected chi connectivity index (χ2v) is 8.59. The lowest BCUT2D eigenvalue weighted by molar-refractivity contribution is 0.0661. The van der Waals surface area contributed by atoms with Gasteiger partial charge in [0.25, 0.3) is 0 Å². The highest BCUT2D eigenvalue weighted by Gasteiger charge is 2.65. The number of furan rings is 1. The number of aromatic carboxylic acids is 1. The molecule has 1 aromatic heterocycles. The fourth-order valence-corrected chi connectivity index (χ4v) is 6.61. The van der Waals surface area contributed by atoms with Gasteiger partial charge in [-0.15, -0.1) is 0 Å². The summed E-state index contributed by atoms with van der Waals surface area (Å²) in [4.78, 5) is 10.7. The molecule has 4 atom stereocenters. The van der Waals surface area contributed by atoms with Gasteiger partial charge >= 0.3 is 5.97 Å². The van der Waals surface area contributed by atoms with Crippen LogP contribution in [0.4, 0.5) is 0 Å². The summed E-state index contributed by atoms with van der Waals surface area (Å²) in [6.45, 7) is 0. The second kappa shape index (κ2) is 4.33. The Labute approximate surface area is 130 Å². The van der Waals surface area contributed by atoms with Gasteiger partial charge in [-0.05, 0) is 58.9 Å². The van der Waals surface area contributed by atoms with Crippen LogP contribution in [0.1, 0.15) is 29.8 Å². The number of fused-ring (bicyclic) bond motifs is 5. The van der Waals surface area contributed by atoms with Crippen molar-refractivity contribution in [2.24, 2.45) is 23.7 Å². The quantitative estimate of drug-likeness (QED) is 0.839. The molecule has 3 aliphatic carbocycles. The topological polar surface area (TPSA) is 96.6 Å². The zero-order valence-electron chi connectivity index (χ0n) is 11.0. The van der Waals surface area contributed by atoms with E-state index in [1.54, 1.807) is 0 Å². The van der Waals surface area contributed by atoms with E-state index in [1.807, 2.05) is 0 Å². The van der Waals surface area contributed by atoms with Crippen molar-refractivity contribution < 1.29 is 22.7 Å². The standard InChI is InChI=1S/C13H14BrNO5S/c14-12-8(4-7(20-12)13(16)17)21(18,19)15-11-9-5-1-2-6(3-5)10(9)11/h4-6,9-11,15H,1-3H2,(H,16,17). The summed E-state index contributed by atoms with van der Waals surface area (Å²) in [5.74, 6) is 0.591. The van der Waals surface area contributed by atoms with Crippen molar-refractivity contribution in [1.29, 1.82) is 0 Å². The molecule has 8 heteroatoms. The molecular weight excluding hydrogens is 362 g/mol. The first-order valence-corrected chi connectivity index (χ1v) is 9.21. The molecule has 4 unspecified atom stereocenters. The molecule has 6 nitrogen and oxygen atoms in total. The Morgan fingerprint density at radius 1 is 1.33 bits per heavy atom. The Kier molecular flexibility index (Phi) is 2.84. The van der Waals surface area contributed by atoms with Gasteiger partial charge in [0.2, 0.25) is 15.8 Å². The zero-order chi connectivity index (χ0) is 14.9. The van der Waals surface area contributed by atoms with Crippen molar-refractivity contribution in [1.82, 2.24) is 4.72 Å². The first-order valence-electron chi connectivity index (χ1n) is 6.93. The van der Waals surface area contributed by atoms with E-state index in [0.717, 1.165) is 6.07 Å². The molecule has 0 radical (unpaired) electrons. The third-order valence-electron chi connectivity index (χ3n) is 5.18. The predicted octanol–water partition coefficient (Wildman–Crippen LogP) is 2.06. The van der Waals surface area contributed by atoms with Gasteiger partial charge in [-0.2, -0.15) is 0 Å². The van der Waals surface area contributed by atoms with Gasteiger partial charge in [0, 0.05) is 12.1 Å². The van der Waals surface area contributed by atoms with Crippen molar-refractivity contribution >= 4 is 31.9 Å². The van der Waals surface area contributed by atoms with Gasteiger partial charge in [-0.3, -0.25) is 0 Å². The van der Waals surface area contributed by atoms with Crippen LogP contribution in [0.15, 0.2) is 20.0 Å². The van der Waals surface area contributed by atoms with E-state index in [1.165, 1.54) is 19.3 Å². The second-order valence-electron chi connectivity index (χ2n) is 6.19. The van der Waals surface area contributed by atoms with E-state index in [4.69, 9.17) is 9.52 Å². The van der Waals surface area contributed by atoms with Crippen molar-refractivity contribution in [2.75, 3.05) is 0 Å². The van der Waals surface area contributed by atoms with Gasteiger partial charge in [-0.25, -0.2) is 17.9 Å². The number of carboxylic acids is 1. The summed E-state index contributed by atoms with van der Waals surface area (Å²) in [5.41, 5.74) is 0. The average molecular weight is 376 g/mol. The van der Waals surface area contributed by atoms with E-state index in [0.29, 0.717) is 23.7 Å². The Bertz CT molecular complexity index is 711. The maximum absolute atomic E-state index is 12.4. The van der Waals surface area contributed by atoms with Crippen molar-refractivity contribution in [2.45, 2.75) is 30.2 Å². The van der Waals surface area contributed by atoms with Crippen LogP contribution >= 0.6 is 15.9 Å². The maximum Gasteiger partial charge on any atom is 0.371 e. The van der Waals surface area contributed by atoms with Crippen LogP contribution in [0.5, 0.6) is 0 Å². The Hall–Kier alpha value is -0.860. The first kappa shape index (κ1) is 13.8. The molecule has 3 aliphatic rings. The number of halogens is 1. The smallest absolute Gasteiger partial charge is 0.371 e.